The quantitative estimate of drug-likeness (QED) is 0.823. The second-order valence-electron chi connectivity index (χ2n) is 7.94. The predicted octanol–water partition coefficient (Wildman–Crippen LogP) is 3.15. The Morgan fingerprint density at radius 3 is 2.65 bits per heavy atom. The maximum atomic E-state index is 13.2. The highest BCUT2D eigenvalue weighted by molar-refractivity contribution is 6.32. The van der Waals surface area contributed by atoms with Gasteiger partial charge in [0.05, 0.1) is 5.02 Å². The highest BCUT2D eigenvalue weighted by Crippen LogP contribution is 2.29. The first-order chi connectivity index (χ1) is 12.3. The summed E-state index contributed by atoms with van der Waals surface area (Å²) in [6.45, 7) is 11.1. The summed E-state index contributed by atoms with van der Waals surface area (Å²) < 4.78 is 0. The monoisotopic (exact) mass is 377 g/mol. The lowest BCUT2D eigenvalue weighted by Crippen LogP contribution is -2.45. The van der Waals surface area contributed by atoms with Crippen LogP contribution in [-0.4, -0.2) is 52.9 Å². The number of aryl methyl sites for hydroxylation is 1. The van der Waals surface area contributed by atoms with E-state index < -0.39 is 0 Å². The van der Waals surface area contributed by atoms with Crippen molar-refractivity contribution in [1.29, 1.82) is 0 Å². The van der Waals surface area contributed by atoms with Gasteiger partial charge in [0.25, 0.3) is 11.5 Å². The number of nitrogens with zero attached hydrogens (tertiary/aromatic N) is 2. The molecule has 2 atom stereocenters. The Labute approximate surface area is 160 Å². The molecule has 0 unspecified atom stereocenters. The zero-order chi connectivity index (χ0) is 19.0. The molecular weight excluding hydrogens is 350 g/mol. The van der Waals surface area contributed by atoms with Gasteiger partial charge in [0.2, 0.25) is 0 Å². The van der Waals surface area contributed by atoms with Crippen LogP contribution in [0.4, 0.5) is 0 Å². The minimum atomic E-state index is -0.340. The van der Waals surface area contributed by atoms with Crippen LogP contribution in [0.5, 0.6) is 0 Å². The van der Waals surface area contributed by atoms with Gasteiger partial charge in [-0.3, -0.25) is 14.5 Å². The lowest BCUT2D eigenvalue weighted by molar-refractivity contribution is 0.0738. The molecule has 26 heavy (non-hydrogen) atoms. The summed E-state index contributed by atoms with van der Waals surface area (Å²) in [4.78, 5) is 32.6. The number of carbonyl (C=O) groups excluding carboxylic acids is 1. The second-order valence-corrected chi connectivity index (χ2v) is 8.31. The van der Waals surface area contributed by atoms with E-state index in [-0.39, 0.29) is 17.0 Å². The van der Waals surface area contributed by atoms with Gasteiger partial charge in [0, 0.05) is 37.9 Å². The number of hydrogen-bond donors (Lipinski definition) is 1. The van der Waals surface area contributed by atoms with Crippen molar-refractivity contribution in [2.75, 3.05) is 26.2 Å². The fraction of sp³-hybridized carbons (Fsp3) is 0.600. The molecule has 3 aliphatic rings. The van der Waals surface area contributed by atoms with Crippen LogP contribution in [0.3, 0.4) is 0 Å². The zero-order valence-electron chi connectivity index (χ0n) is 16.1. The van der Waals surface area contributed by atoms with Crippen molar-refractivity contribution in [2.45, 2.75) is 46.6 Å². The number of halogens is 1. The average molecular weight is 378 g/mol. The summed E-state index contributed by atoms with van der Waals surface area (Å²) in [5.74, 6) is 0.273. The Morgan fingerprint density at radius 2 is 1.96 bits per heavy atom. The highest BCUT2D eigenvalue weighted by Gasteiger charge is 2.37. The Hall–Kier alpha value is -1.59. The van der Waals surface area contributed by atoms with Gasteiger partial charge in [0.15, 0.2) is 0 Å². The number of hydrogen-bond acceptors (Lipinski definition) is 3. The molecule has 4 rings (SSSR count). The van der Waals surface area contributed by atoms with E-state index in [1.807, 2.05) is 4.90 Å². The summed E-state index contributed by atoms with van der Waals surface area (Å²) in [6.07, 6.45) is 4.50. The molecule has 3 aliphatic heterocycles. The number of aromatic nitrogens is 1. The van der Waals surface area contributed by atoms with E-state index in [2.05, 4.69) is 29.8 Å². The summed E-state index contributed by atoms with van der Waals surface area (Å²) in [5.41, 5.74) is 2.35. The van der Waals surface area contributed by atoms with Gasteiger partial charge in [0.1, 0.15) is 5.56 Å². The van der Waals surface area contributed by atoms with Crippen molar-refractivity contribution in [2.24, 2.45) is 5.92 Å². The molecule has 5 nitrogen and oxygen atoms in total. The van der Waals surface area contributed by atoms with Gasteiger partial charge in [-0.05, 0) is 52.0 Å². The molecule has 0 aliphatic carbocycles. The van der Waals surface area contributed by atoms with Crippen LogP contribution >= 0.6 is 11.6 Å². The maximum absolute atomic E-state index is 13.2. The first-order valence-corrected chi connectivity index (χ1v) is 9.71. The van der Waals surface area contributed by atoms with E-state index >= 15 is 0 Å². The largest absolute Gasteiger partial charge is 0.337 e. The fourth-order valence-corrected chi connectivity index (χ4v) is 4.27. The normalized spacial score (nSPS) is 23.0. The Morgan fingerprint density at radius 1 is 1.23 bits per heavy atom. The van der Waals surface area contributed by atoms with Crippen LogP contribution in [-0.2, 0) is 0 Å². The van der Waals surface area contributed by atoms with E-state index in [0.29, 0.717) is 41.3 Å². The topological polar surface area (TPSA) is 56.4 Å². The Balaban J connectivity index is 1.85. The number of carbonyl (C=O) groups is 1. The molecular formula is C20H28ClN3O2. The molecule has 3 fully saturated rings. The van der Waals surface area contributed by atoms with Crippen molar-refractivity contribution in [3.8, 4) is 0 Å². The van der Waals surface area contributed by atoms with E-state index in [0.717, 1.165) is 25.9 Å². The summed E-state index contributed by atoms with van der Waals surface area (Å²) in [7, 11) is 0. The minimum Gasteiger partial charge on any atom is -0.337 e. The van der Waals surface area contributed by atoms with Gasteiger partial charge in [-0.15, -0.1) is 0 Å². The molecule has 4 heterocycles. The number of piperidine rings is 1. The number of amides is 1. The molecule has 142 valence electrons. The van der Waals surface area contributed by atoms with Crippen LogP contribution in [0, 0.1) is 19.8 Å². The van der Waals surface area contributed by atoms with Gasteiger partial charge in [-0.25, -0.2) is 0 Å². The van der Waals surface area contributed by atoms with E-state index in [4.69, 9.17) is 11.6 Å². The molecule has 0 saturated carbocycles. The highest BCUT2D eigenvalue weighted by atomic mass is 35.5. The minimum absolute atomic E-state index is 0.188. The molecule has 3 saturated heterocycles. The predicted molar refractivity (Wildman–Crippen MR) is 105 cm³/mol. The van der Waals surface area contributed by atoms with Crippen molar-refractivity contribution in [3.05, 3.63) is 43.8 Å². The zero-order valence-corrected chi connectivity index (χ0v) is 16.8. The number of rotatable bonds is 3. The average Bonchev–Trinajstić information content (AvgIpc) is 2.89. The van der Waals surface area contributed by atoms with E-state index in [1.165, 1.54) is 5.57 Å². The van der Waals surface area contributed by atoms with Crippen molar-refractivity contribution in [3.63, 3.8) is 0 Å². The van der Waals surface area contributed by atoms with Crippen molar-refractivity contribution >= 4 is 17.5 Å². The van der Waals surface area contributed by atoms with Crippen LogP contribution in [0.2, 0.25) is 5.02 Å². The number of aromatic amines is 1. The first-order valence-electron chi connectivity index (χ1n) is 9.33. The van der Waals surface area contributed by atoms with E-state index in [9.17, 15) is 9.59 Å². The molecule has 1 aromatic rings. The molecule has 0 aromatic carbocycles. The number of pyridine rings is 1. The molecule has 2 bridgehead atoms. The number of nitrogens with one attached hydrogen (secondary N) is 1. The smallest absolute Gasteiger partial charge is 0.261 e. The summed E-state index contributed by atoms with van der Waals surface area (Å²) in [5, 5.41) is 0.468. The standard InChI is InChI=1S/C20H28ClN3O2/c1-12(2)7-8-23-9-15-5-6-16(23)11-24(10-15)20(26)17-13(3)18(21)14(4)22-19(17)25/h7,15-16H,5-6,8-11H2,1-4H3,(H,22,25)/t15-,16-/m1/s1. The Kier molecular flexibility index (Phi) is 5.58. The van der Waals surface area contributed by atoms with Crippen molar-refractivity contribution in [1.82, 2.24) is 14.8 Å². The van der Waals surface area contributed by atoms with Crippen LogP contribution in [0.25, 0.3) is 0 Å². The fourth-order valence-electron chi connectivity index (χ4n) is 4.13. The van der Waals surface area contributed by atoms with Gasteiger partial charge < -0.3 is 9.88 Å². The molecule has 1 N–H and O–H groups in total. The number of fused-ring (bicyclic) bond motifs is 4. The van der Waals surface area contributed by atoms with Crippen molar-refractivity contribution < 1.29 is 4.79 Å². The van der Waals surface area contributed by atoms with Crippen LogP contribution in [0.15, 0.2) is 16.4 Å². The first kappa shape index (κ1) is 19.2. The Bertz CT molecular complexity index is 795. The third kappa shape index (κ3) is 3.74. The van der Waals surface area contributed by atoms with Gasteiger partial charge in [-0.1, -0.05) is 23.3 Å². The van der Waals surface area contributed by atoms with Crippen LogP contribution < -0.4 is 5.56 Å². The SMILES string of the molecule is CC(C)=CCN1C[C@H]2CC[C@@H]1CN(C(=O)c1c(C)c(Cl)c(C)[nH]c1=O)C2. The van der Waals surface area contributed by atoms with Gasteiger partial charge in [-0.2, -0.15) is 0 Å². The second kappa shape index (κ2) is 7.57. The van der Waals surface area contributed by atoms with Crippen LogP contribution in [0.1, 0.15) is 48.3 Å². The summed E-state index contributed by atoms with van der Waals surface area (Å²) >= 11 is 6.28. The van der Waals surface area contributed by atoms with Gasteiger partial charge >= 0.3 is 0 Å². The molecule has 1 aromatic heterocycles. The third-order valence-corrected chi connectivity index (χ3v) is 6.19. The maximum Gasteiger partial charge on any atom is 0.261 e. The third-order valence-electron chi connectivity index (χ3n) is 5.62. The number of allylic oxidation sites excluding steroid dienone is 1. The lowest BCUT2D eigenvalue weighted by atomic mass is 9.95. The molecule has 1 amide bonds. The summed E-state index contributed by atoms with van der Waals surface area (Å²) in [6, 6.07) is 0.355. The van der Waals surface area contributed by atoms with E-state index in [1.54, 1.807) is 13.8 Å². The molecule has 0 radical (unpaired) electrons. The molecule has 6 heteroatoms. The lowest BCUT2D eigenvalue weighted by Gasteiger charge is -2.35. The number of H-pyrrole nitrogens is 1. The molecule has 0 spiro atoms.